The maximum absolute atomic E-state index is 2.32. The molecule has 2 atom stereocenters. The van der Waals surface area contributed by atoms with Gasteiger partial charge in [0, 0.05) is 0 Å². The van der Waals surface area contributed by atoms with Crippen molar-refractivity contribution in [2.24, 2.45) is 5.92 Å². The van der Waals surface area contributed by atoms with Gasteiger partial charge < -0.3 is 0 Å². The third kappa shape index (κ3) is 1.63. The van der Waals surface area contributed by atoms with Crippen LogP contribution in [-0.4, -0.2) is 0 Å². The molecular formula is C13H18. The molecule has 0 nitrogen and oxygen atoms in total. The van der Waals surface area contributed by atoms with Crippen molar-refractivity contribution in [2.75, 3.05) is 0 Å². The average Bonchev–Trinajstić information content (AvgIpc) is 2.96. The normalized spacial score (nSPS) is 26.0. The molecule has 0 heteroatoms. The highest BCUT2D eigenvalue weighted by atomic mass is 14.4. The summed E-state index contributed by atoms with van der Waals surface area (Å²) >= 11 is 0. The molecular weight excluding hydrogens is 156 g/mol. The topological polar surface area (TPSA) is 0 Å². The largest absolute Gasteiger partial charge is 0.0651 e. The first-order chi connectivity index (χ1) is 6.36. The summed E-state index contributed by atoms with van der Waals surface area (Å²) in [5.41, 5.74) is 3.18. The second-order valence-electron chi connectivity index (χ2n) is 4.06. The zero-order valence-corrected chi connectivity index (χ0v) is 8.59. The molecule has 0 radical (unpaired) electrons. The highest BCUT2D eigenvalue weighted by Crippen LogP contribution is 2.50. The monoisotopic (exact) mass is 174 g/mol. The summed E-state index contributed by atoms with van der Waals surface area (Å²) < 4.78 is 0. The molecule has 70 valence electrons. The van der Waals surface area contributed by atoms with E-state index < -0.39 is 0 Å². The van der Waals surface area contributed by atoms with Crippen LogP contribution in [0.25, 0.3) is 0 Å². The molecule has 0 unspecified atom stereocenters. The molecule has 1 saturated carbocycles. The van der Waals surface area contributed by atoms with Crippen molar-refractivity contribution >= 4 is 0 Å². The Morgan fingerprint density at radius 1 is 1.23 bits per heavy atom. The molecule has 1 aliphatic carbocycles. The summed E-state index contributed by atoms with van der Waals surface area (Å²) in [6.45, 7) is 4.56. The van der Waals surface area contributed by atoms with Crippen molar-refractivity contribution in [1.82, 2.24) is 0 Å². The maximum Gasteiger partial charge on any atom is -0.0128 e. The lowest BCUT2D eigenvalue weighted by Gasteiger charge is -2.05. The summed E-state index contributed by atoms with van der Waals surface area (Å²) in [5.74, 6) is 1.87. The van der Waals surface area contributed by atoms with Crippen LogP contribution in [0.4, 0.5) is 0 Å². The predicted molar refractivity (Wildman–Crippen MR) is 57.0 cm³/mol. The molecule has 0 N–H and O–H groups in total. The lowest BCUT2D eigenvalue weighted by Crippen LogP contribution is -1.90. The highest BCUT2D eigenvalue weighted by Gasteiger charge is 2.37. The van der Waals surface area contributed by atoms with E-state index in [1.54, 1.807) is 11.1 Å². The van der Waals surface area contributed by atoms with E-state index in [9.17, 15) is 0 Å². The molecule has 0 aromatic heterocycles. The van der Waals surface area contributed by atoms with Crippen LogP contribution in [0.1, 0.15) is 43.7 Å². The fraction of sp³-hybridized carbons (Fsp3) is 0.538. The predicted octanol–water partition coefficient (Wildman–Crippen LogP) is 3.76. The SMILES string of the molecule is CCc1ccccc1[C@H]1C[C@H]1CC. The summed E-state index contributed by atoms with van der Waals surface area (Å²) in [6, 6.07) is 8.94. The zero-order valence-electron chi connectivity index (χ0n) is 8.59. The molecule has 13 heavy (non-hydrogen) atoms. The minimum absolute atomic E-state index is 0.890. The van der Waals surface area contributed by atoms with Gasteiger partial charge in [0.25, 0.3) is 0 Å². The molecule has 0 bridgehead atoms. The van der Waals surface area contributed by atoms with Crippen molar-refractivity contribution in [3.63, 3.8) is 0 Å². The van der Waals surface area contributed by atoms with E-state index in [-0.39, 0.29) is 0 Å². The van der Waals surface area contributed by atoms with E-state index in [4.69, 9.17) is 0 Å². The van der Waals surface area contributed by atoms with Gasteiger partial charge in [0.15, 0.2) is 0 Å². The average molecular weight is 174 g/mol. The first-order valence-corrected chi connectivity index (χ1v) is 5.44. The van der Waals surface area contributed by atoms with Crippen LogP contribution in [0.3, 0.4) is 0 Å². The zero-order chi connectivity index (χ0) is 9.26. The molecule has 0 spiro atoms. The molecule has 2 rings (SSSR count). The Labute approximate surface area is 81.0 Å². The van der Waals surface area contributed by atoms with Crippen molar-refractivity contribution in [2.45, 2.75) is 39.0 Å². The number of rotatable bonds is 3. The van der Waals surface area contributed by atoms with Crippen LogP contribution in [0.5, 0.6) is 0 Å². The first-order valence-electron chi connectivity index (χ1n) is 5.44. The minimum Gasteiger partial charge on any atom is -0.0651 e. The Kier molecular flexibility index (Phi) is 2.39. The fourth-order valence-electron chi connectivity index (χ4n) is 2.30. The van der Waals surface area contributed by atoms with Crippen molar-refractivity contribution in [1.29, 1.82) is 0 Å². The van der Waals surface area contributed by atoms with Gasteiger partial charge in [0.05, 0.1) is 0 Å². The third-order valence-corrected chi connectivity index (χ3v) is 3.28. The van der Waals surface area contributed by atoms with Gasteiger partial charge in [0.1, 0.15) is 0 Å². The van der Waals surface area contributed by atoms with Gasteiger partial charge >= 0.3 is 0 Å². The molecule has 1 aromatic rings. The second-order valence-corrected chi connectivity index (χ2v) is 4.06. The lowest BCUT2D eigenvalue weighted by atomic mass is 10.00. The Balaban J connectivity index is 2.20. The number of aryl methyl sites for hydroxylation is 1. The molecule has 1 fully saturated rings. The molecule has 1 aliphatic rings. The summed E-state index contributed by atoms with van der Waals surface area (Å²) in [4.78, 5) is 0. The summed E-state index contributed by atoms with van der Waals surface area (Å²) in [5, 5.41) is 0. The van der Waals surface area contributed by atoms with Crippen molar-refractivity contribution < 1.29 is 0 Å². The van der Waals surface area contributed by atoms with E-state index >= 15 is 0 Å². The van der Waals surface area contributed by atoms with E-state index in [1.807, 2.05) is 0 Å². The summed E-state index contributed by atoms with van der Waals surface area (Å²) in [7, 11) is 0. The van der Waals surface area contributed by atoms with Gasteiger partial charge in [0.2, 0.25) is 0 Å². The van der Waals surface area contributed by atoms with Crippen LogP contribution in [0, 0.1) is 5.92 Å². The standard InChI is InChI=1S/C13H18/c1-3-10-7-5-6-8-12(10)13-9-11(13)4-2/h5-8,11,13H,3-4,9H2,1-2H3/t11-,13+/m1/s1. The first kappa shape index (κ1) is 8.80. The van der Waals surface area contributed by atoms with E-state index in [1.165, 1.54) is 19.3 Å². The Morgan fingerprint density at radius 2 is 2.00 bits per heavy atom. The molecule has 1 aromatic carbocycles. The fourth-order valence-corrected chi connectivity index (χ4v) is 2.30. The van der Waals surface area contributed by atoms with Crippen LogP contribution in [0.15, 0.2) is 24.3 Å². The minimum atomic E-state index is 0.890. The maximum atomic E-state index is 2.32. The highest BCUT2D eigenvalue weighted by molar-refractivity contribution is 5.34. The van der Waals surface area contributed by atoms with E-state index in [0.29, 0.717) is 0 Å². The Hall–Kier alpha value is -0.780. The molecule has 0 saturated heterocycles. The van der Waals surface area contributed by atoms with Gasteiger partial charge in [-0.15, -0.1) is 0 Å². The number of hydrogen-bond donors (Lipinski definition) is 0. The lowest BCUT2D eigenvalue weighted by molar-refractivity contribution is 0.762. The quantitative estimate of drug-likeness (QED) is 0.654. The molecule has 0 amide bonds. The molecule has 0 heterocycles. The van der Waals surface area contributed by atoms with E-state index in [0.717, 1.165) is 11.8 Å². The Morgan fingerprint density at radius 3 is 2.62 bits per heavy atom. The number of hydrogen-bond acceptors (Lipinski definition) is 0. The number of benzene rings is 1. The smallest absolute Gasteiger partial charge is 0.0128 e. The van der Waals surface area contributed by atoms with Gasteiger partial charge in [-0.25, -0.2) is 0 Å². The summed E-state index contributed by atoms with van der Waals surface area (Å²) in [6.07, 6.45) is 3.96. The molecule has 0 aliphatic heterocycles. The van der Waals surface area contributed by atoms with Crippen molar-refractivity contribution in [3.8, 4) is 0 Å². The van der Waals surface area contributed by atoms with Crippen molar-refractivity contribution in [3.05, 3.63) is 35.4 Å². The van der Waals surface area contributed by atoms with Crippen LogP contribution >= 0.6 is 0 Å². The Bertz CT molecular complexity index is 288. The van der Waals surface area contributed by atoms with Crippen LogP contribution in [-0.2, 0) is 6.42 Å². The van der Waals surface area contributed by atoms with Crippen LogP contribution in [0.2, 0.25) is 0 Å². The van der Waals surface area contributed by atoms with Gasteiger partial charge in [-0.3, -0.25) is 0 Å². The van der Waals surface area contributed by atoms with Gasteiger partial charge in [-0.05, 0) is 35.8 Å². The van der Waals surface area contributed by atoms with Crippen LogP contribution < -0.4 is 0 Å². The third-order valence-electron chi connectivity index (χ3n) is 3.28. The second kappa shape index (κ2) is 3.53. The van der Waals surface area contributed by atoms with Gasteiger partial charge in [-0.1, -0.05) is 44.5 Å². The van der Waals surface area contributed by atoms with E-state index in [2.05, 4.69) is 38.1 Å². The van der Waals surface area contributed by atoms with Gasteiger partial charge in [-0.2, -0.15) is 0 Å².